The van der Waals surface area contributed by atoms with E-state index in [9.17, 15) is 9.90 Å². The van der Waals surface area contributed by atoms with Crippen LogP contribution in [-0.4, -0.2) is 23.7 Å². The molecular formula is C14H20N2O2. The van der Waals surface area contributed by atoms with Gasteiger partial charge in [-0.05, 0) is 43.9 Å². The second kappa shape index (κ2) is 4.88. The summed E-state index contributed by atoms with van der Waals surface area (Å²) in [6.07, 6.45) is 2.29. The van der Waals surface area contributed by atoms with Crippen molar-refractivity contribution in [2.24, 2.45) is 5.92 Å². The first-order valence-electron chi connectivity index (χ1n) is 6.40. The lowest BCUT2D eigenvalue weighted by atomic mass is 9.91. The molecule has 0 saturated carbocycles. The highest BCUT2D eigenvalue weighted by atomic mass is 16.4. The molecule has 4 heteroatoms. The van der Waals surface area contributed by atoms with Crippen LogP contribution in [0.25, 0.3) is 0 Å². The summed E-state index contributed by atoms with van der Waals surface area (Å²) in [4.78, 5) is 13.5. The third-order valence-corrected chi connectivity index (χ3v) is 3.94. The summed E-state index contributed by atoms with van der Waals surface area (Å²) in [5, 5.41) is 9.27. The van der Waals surface area contributed by atoms with Crippen LogP contribution in [-0.2, 0) is 0 Å². The number of carboxylic acids is 1. The summed E-state index contributed by atoms with van der Waals surface area (Å²) in [6.45, 7) is 5.26. The van der Waals surface area contributed by atoms with Gasteiger partial charge in [0.15, 0.2) is 0 Å². The normalized spacial score (nSPS) is 24.0. The standard InChI is InChI=1S/C14H20N2O2/c1-9-4-3-7-16(10(9)2)13-8-11(15)5-6-12(13)14(17)18/h5-6,8-10H,3-4,7,15H2,1-2H3,(H,17,18). The lowest BCUT2D eigenvalue weighted by Gasteiger charge is -2.40. The first-order valence-corrected chi connectivity index (χ1v) is 6.40. The first-order chi connectivity index (χ1) is 8.50. The maximum atomic E-state index is 11.3. The molecular weight excluding hydrogens is 228 g/mol. The van der Waals surface area contributed by atoms with Gasteiger partial charge in [0.1, 0.15) is 0 Å². The van der Waals surface area contributed by atoms with Gasteiger partial charge in [-0.1, -0.05) is 6.92 Å². The molecule has 1 aliphatic heterocycles. The Hall–Kier alpha value is -1.71. The van der Waals surface area contributed by atoms with Crippen LogP contribution in [0.5, 0.6) is 0 Å². The zero-order chi connectivity index (χ0) is 13.3. The zero-order valence-electron chi connectivity index (χ0n) is 10.9. The number of aromatic carboxylic acids is 1. The van der Waals surface area contributed by atoms with Crippen molar-refractivity contribution in [2.75, 3.05) is 17.2 Å². The second-order valence-electron chi connectivity index (χ2n) is 5.14. The van der Waals surface area contributed by atoms with E-state index in [0.29, 0.717) is 23.2 Å². The van der Waals surface area contributed by atoms with E-state index < -0.39 is 5.97 Å². The molecule has 1 fully saturated rings. The molecule has 1 saturated heterocycles. The Morgan fingerprint density at radius 2 is 2.17 bits per heavy atom. The fourth-order valence-corrected chi connectivity index (χ4v) is 2.64. The van der Waals surface area contributed by atoms with E-state index in [1.165, 1.54) is 6.42 Å². The average molecular weight is 248 g/mol. The predicted octanol–water partition coefficient (Wildman–Crippen LogP) is 2.59. The molecule has 0 amide bonds. The van der Waals surface area contributed by atoms with Crippen LogP contribution < -0.4 is 10.6 Å². The topological polar surface area (TPSA) is 66.6 Å². The monoisotopic (exact) mass is 248 g/mol. The summed E-state index contributed by atoms with van der Waals surface area (Å²) in [5.74, 6) is -0.322. The van der Waals surface area contributed by atoms with Gasteiger partial charge in [0.2, 0.25) is 0 Å². The van der Waals surface area contributed by atoms with Gasteiger partial charge in [0.05, 0.1) is 11.3 Å². The van der Waals surface area contributed by atoms with E-state index in [1.807, 2.05) is 0 Å². The van der Waals surface area contributed by atoms with Crippen molar-refractivity contribution in [2.45, 2.75) is 32.7 Å². The number of carboxylic acid groups (broad SMARTS) is 1. The molecule has 4 nitrogen and oxygen atoms in total. The van der Waals surface area contributed by atoms with Gasteiger partial charge in [0, 0.05) is 18.3 Å². The number of anilines is 2. The molecule has 0 radical (unpaired) electrons. The largest absolute Gasteiger partial charge is 0.478 e. The number of rotatable bonds is 2. The third kappa shape index (κ3) is 2.28. The predicted molar refractivity (Wildman–Crippen MR) is 73.0 cm³/mol. The molecule has 2 unspecified atom stereocenters. The van der Waals surface area contributed by atoms with Gasteiger partial charge in [0.25, 0.3) is 0 Å². The van der Waals surface area contributed by atoms with Crippen LogP contribution in [0.4, 0.5) is 11.4 Å². The maximum Gasteiger partial charge on any atom is 0.337 e. The SMILES string of the molecule is CC1CCCN(c2cc(N)ccc2C(=O)O)C1C. The van der Waals surface area contributed by atoms with Gasteiger partial charge >= 0.3 is 5.97 Å². The van der Waals surface area contributed by atoms with Crippen LogP contribution in [0.2, 0.25) is 0 Å². The fourth-order valence-electron chi connectivity index (χ4n) is 2.64. The molecule has 3 N–H and O–H groups in total. The Bertz CT molecular complexity index is 459. The minimum Gasteiger partial charge on any atom is -0.478 e. The Labute approximate surface area is 107 Å². The lowest BCUT2D eigenvalue weighted by molar-refractivity contribution is 0.0697. The average Bonchev–Trinajstić information content (AvgIpc) is 2.32. The van der Waals surface area contributed by atoms with E-state index in [-0.39, 0.29) is 0 Å². The Morgan fingerprint density at radius 1 is 1.44 bits per heavy atom. The number of benzene rings is 1. The van der Waals surface area contributed by atoms with Crippen molar-refractivity contribution in [3.63, 3.8) is 0 Å². The van der Waals surface area contributed by atoms with Crippen molar-refractivity contribution < 1.29 is 9.90 Å². The lowest BCUT2D eigenvalue weighted by Crippen LogP contribution is -2.43. The van der Waals surface area contributed by atoms with Gasteiger partial charge in [-0.2, -0.15) is 0 Å². The van der Waals surface area contributed by atoms with E-state index >= 15 is 0 Å². The summed E-state index contributed by atoms with van der Waals surface area (Å²) < 4.78 is 0. The van der Waals surface area contributed by atoms with Gasteiger partial charge in [-0.25, -0.2) is 4.79 Å². The molecule has 2 atom stereocenters. The molecule has 98 valence electrons. The van der Waals surface area contributed by atoms with E-state index in [1.54, 1.807) is 18.2 Å². The number of nitrogens with zero attached hydrogens (tertiary/aromatic N) is 1. The highest BCUT2D eigenvalue weighted by molar-refractivity contribution is 5.95. The molecule has 0 aliphatic carbocycles. The number of piperidine rings is 1. The van der Waals surface area contributed by atoms with Crippen molar-refractivity contribution >= 4 is 17.3 Å². The van der Waals surface area contributed by atoms with Crippen molar-refractivity contribution in [3.8, 4) is 0 Å². The molecule has 1 heterocycles. The van der Waals surface area contributed by atoms with Crippen LogP contribution >= 0.6 is 0 Å². The molecule has 1 aromatic carbocycles. The number of hydrogen-bond acceptors (Lipinski definition) is 3. The van der Waals surface area contributed by atoms with E-state index in [2.05, 4.69) is 18.7 Å². The highest BCUT2D eigenvalue weighted by Gasteiger charge is 2.27. The highest BCUT2D eigenvalue weighted by Crippen LogP contribution is 2.32. The molecule has 0 bridgehead atoms. The fraction of sp³-hybridized carbons (Fsp3) is 0.500. The number of hydrogen-bond donors (Lipinski definition) is 2. The van der Waals surface area contributed by atoms with Crippen LogP contribution in [0, 0.1) is 5.92 Å². The summed E-state index contributed by atoms with van der Waals surface area (Å²) in [5.41, 5.74) is 7.50. The van der Waals surface area contributed by atoms with Crippen LogP contribution in [0.1, 0.15) is 37.0 Å². The zero-order valence-corrected chi connectivity index (χ0v) is 10.9. The summed E-state index contributed by atoms with van der Waals surface area (Å²) in [6, 6.07) is 5.36. The quantitative estimate of drug-likeness (QED) is 0.789. The minimum atomic E-state index is -0.893. The Kier molecular flexibility index (Phi) is 3.45. The number of nitrogen functional groups attached to an aromatic ring is 1. The second-order valence-corrected chi connectivity index (χ2v) is 5.14. The Balaban J connectivity index is 2.42. The smallest absolute Gasteiger partial charge is 0.337 e. The molecule has 0 aromatic heterocycles. The van der Waals surface area contributed by atoms with E-state index in [4.69, 9.17) is 5.73 Å². The van der Waals surface area contributed by atoms with Crippen molar-refractivity contribution in [3.05, 3.63) is 23.8 Å². The molecule has 1 aromatic rings. The van der Waals surface area contributed by atoms with Gasteiger partial charge < -0.3 is 15.7 Å². The van der Waals surface area contributed by atoms with Crippen LogP contribution in [0.15, 0.2) is 18.2 Å². The molecule has 18 heavy (non-hydrogen) atoms. The Morgan fingerprint density at radius 3 is 2.83 bits per heavy atom. The number of carbonyl (C=O) groups is 1. The van der Waals surface area contributed by atoms with Crippen LogP contribution in [0.3, 0.4) is 0 Å². The summed E-state index contributed by atoms with van der Waals surface area (Å²) >= 11 is 0. The molecule has 0 spiro atoms. The van der Waals surface area contributed by atoms with Crippen molar-refractivity contribution in [1.29, 1.82) is 0 Å². The number of nitrogens with two attached hydrogens (primary N) is 1. The molecule has 2 rings (SSSR count). The maximum absolute atomic E-state index is 11.3. The van der Waals surface area contributed by atoms with E-state index in [0.717, 1.165) is 18.7 Å². The minimum absolute atomic E-state index is 0.338. The summed E-state index contributed by atoms with van der Waals surface area (Å²) in [7, 11) is 0. The first kappa shape index (κ1) is 12.7. The van der Waals surface area contributed by atoms with Gasteiger partial charge in [-0.15, -0.1) is 0 Å². The van der Waals surface area contributed by atoms with Gasteiger partial charge in [-0.3, -0.25) is 0 Å². The third-order valence-electron chi connectivity index (χ3n) is 3.94. The van der Waals surface area contributed by atoms with Crippen molar-refractivity contribution in [1.82, 2.24) is 0 Å². The molecule has 1 aliphatic rings.